The molecule has 0 heterocycles. The van der Waals surface area contributed by atoms with Gasteiger partial charge in [-0.3, -0.25) is 0 Å². The van der Waals surface area contributed by atoms with E-state index in [0.717, 1.165) is 26.1 Å². The minimum atomic E-state index is 0.343. The van der Waals surface area contributed by atoms with Gasteiger partial charge in [0.25, 0.3) is 0 Å². The molecule has 1 atom stereocenters. The maximum Gasteiger partial charge on any atom is 0.0466 e. The smallest absolute Gasteiger partial charge is 0.0466 e. The van der Waals surface area contributed by atoms with Crippen LogP contribution in [-0.4, -0.2) is 19.3 Å². The molecule has 68 valence electrons. The molecule has 0 spiro atoms. The number of hydrogen-bond donors (Lipinski definition) is 1. The molecule has 2 N–H and O–H groups in total. The van der Waals surface area contributed by atoms with Crippen LogP contribution in [0.4, 0.5) is 0 Å². The Morgan fingerprint density at radius 2 is 2.00 bits per heavy atom. The van der Waals surface area contributed by atoms with Gasteiger partial charge in [-0.25, -0.2) is 0 Å². The fourth-order valence-corrected chi connectivity index (χ4v) is 0.899. The lowest BCUT2D eigenvalue weighted by Gasteiger charge is -2.14. The Hall–Kier alpha value is -0.0800. The van der Waals surface area contributed by atoms with Crippen molar-refractivity contribution in [2.75, 3.05) is 13.2 Å². The van der Waals surface area contributed by atoms with Gasteiger partial charge in [0, 0.05) is 19.3 Å². The molecular formula is C9H21NO. The average molecular weight is 159 g/mol. The van der Waals surface area contributed by atoms with E-state index in [-0.39, 0.29) is 0 Å². The molecule has 0 aromatic heterocycles. The van der Waals surface area contributed by atoms with Crippen molar-refractivity contribution in [3.05, 3.63) is 0 Å². The van der Waals surface area contributed by atoms with E-state index in [1.165, 1.54) is 0 Å². The summed E-state index contributed by atoms with van der Waals surface area (Å²) in [6, 6.07) is 0.343. The van der Waals surface area contributed by atoms with Gasteiger partial charge >= 0.3 is 0 Å². The molecule has 0 aromatic rings. The lowest BCUT2D eigenvalue weighted by Crippen LogP contribution is -2.26. The highest BCUT2D eigenvalue weighted by atomic mass is 16.5. The highest BCUT2D eigenvalue weighted by Crippen LogP contribution is 2.05. The zero-order valence-corrected chi connectivity index (χ0v) is 7.97. The summed E-state index contributed by atoms with van der Waals surface area (Å²) in [5.74, 6) is 0.594. The van der Waals surface area contributed by atoms with Crippen LogP contribution in [-0.2, 0) is 4.74 Å². The molecule has 0 fully saturated rings. The van der Waals surface area contributed by atoms with E-state index in [4.69, 9.17) is 10.5 Å². The summed E-state index contributed by atoms with van der Waals surface area (Å²) in [5, 5.41) is 0. The van der Waals surface area contributed by atoms with E-state index in [9.17, 15) is 0 Å². The maximum absolute atomic E-state index is 5.84. The van der Waals surface area contributed by atoms with Crippen molar-refractivity contribution in [3.63, 3.8) is 0 Å². The van der Waals surface area contributed by atoms with Crippen molar-refractivity contribution in [1.82, 2.24) is 0 Å². The van der Waals surface area contributed by atoms with E-state index < -0.39 is 0 Å². The van der Waals surface area contributed by atoms with Crippen LogP contribution in [0, 0.1) is 5.92 Å². The zero-order chi connectivity index (χ0) is 8.69. The van der Waals surface area contributed by atoms with E-state index in [2.05, 4.69) is 13.8 Å². The highest BCUT2D eigenvalue weighted by Gasteiger charge is 2.05. The third kappa shape index (κ3) is 6.32. The van der Waals surface area contributed by atoms with Gasteiger partial charge in [0.1, 0.15) is 0 Å². The van der Waals surface area contributed by atoms with Crippen molar-refractivity contribution in [2.24, 2.45) is 11.7 Å². The normalized spacial score (nSPS) is 13.9. The Morgan fingerprint density at radius 1 is 1.36 bits per heavy atom. The topological polar surface area (TPSA) is 35.2 Å². The van der Waals surface area contributed by atoms with Crippen LogP contribution in [0.25, 0.3) is 0 Å². The lowest BCUT2D eigenvalue weighted by atomic mass is 10.0. The predicted molar refractivity (Wildman–Crippen MR) is 48.5 cm³/mol. The van der Waals surface area contributed by atoms with Crippen molar-refractivity contribution in [1.29, 1.82) is 0 Å². The minimum Gasteiger partial charge on any atom is -0.382 e. The van der Waals surface area contributed by atoms with Crippen LogP contribution in [0.15, 0.2) is 0 Å². The van der Waals surface area contributed by atoms with Gasteiger partial charge in [0.2, 0.25) is 0 Å². The average Bonchev–Trinajstić information content (AvgIpc) is 1.97. The third-order valence-corrected chi connectivity index (χ3v) is 1.89. The van der Waals surface area contributed by atoms with Crippen molar-refractivity contribution < 1.29 is 4.74 Å². The SMILES string of the molecule is CCOCCCC(N)C(C)C. The predicted octanol–water partition coefficient (Wildman–Crippen LogP) is 1.79. The van der Waals surface area contributed by atoms with Crippen molar-refractivity contribution in [2.45, 2.75) is 39.7 Å². The molecule has 0 bridgehead atoms. The van der Waals surface area contributed by atoms with Gasteiger partial charge in [-0.1, -0.05) is 13.8 Å². The van der Waals surface area contributed by atoms with Gasteiger partial charge in [0.15, 0.2) is 0 Å². The summed E-state index contributed by atoms with van der Waals surface area (Å²) in [6.07, 6.45) is 2.17. The molecule has 0 saturated heterocycles. The monoisotopic (exact) mass is 159 g/mol. The Balaban J connectivity index is 3.10. The molecule has 1 unspecified atom stereocenters. The zero-order valence-electron chi connectivity index (χ0n) is 7.97. The number of hydrogen-bond acceptors (Lipinski definition) is 2. The van der Waals surface area contributed by atoms with Gasteiger partial charge < -0.3 is 10.5 Å². The van der Waals surface area contributed by atoms with Gasteiger partial charge in [-0.05, 0) is 25.7 Å². The van der Waals surface area contributed by atoms with E-state index in [1.54, 1.807) is 0 Å². The van der Waals surface area contributed by atoms with Crippen LogP contribution in [0.3, 0.4) is 0 Å². The third-order valence-electron chi connectivity index (χ3n) is 1.89. The second-order valence-electron chi connectivity index (χ2n) is 3.25. The molecule has 0 saturated carbocycles. The quantitative estimate of drug-likeness (QED) is 0.600. The van der Waals surface area contributed by atoms with Crippen LogP contribution in [0.5, 0.6) is 0 Å². The molecule has 0 aliphatic carbocycles. The molecule has 0 aromatic carbocycles. The van der Waals surface area contributed by atoms with Crippen LogP contribution in [0.1, 0.15) is 33.6 Å². The maximum atomic E-state index is 5.84. The first kappa shape index (κ1) is 10.9. The Labute approximate surface area is 70.1 Å². The number of rotatable bonds is 6. The van der Waals surface area contributed by atoms with Crippen LogP contribution >= 0.6 is 0 Å². The lowest BCUT2D eigenvalue weighted by molar-refractivity contribution is 0.140. The summed E-state index contributed by atoms with van der Waals surface area (Å²) < 4.78 is 5.21. The fraction of sp³-hybridized carbons (Fsp3) is 1.00. The molecule has 2 heteroatoms. The van der Waals surface area contributed by atoms with Crippen LogP contribution < -0.4 is 5.73 Å². The van der Waals surface area contributed by atoms with Crippen molar-refractivity contribution >= 4 is 0 Å². The summed E-state index contributed by atoms with van der Waals surface area (Å²) in [4.78, 5) is 0. The fourth-order valence-electron chi connectivity index (χ4n) is 0.899. The first-order valence-corrected chi connectivity index (χ1v) is 4.51. The number of ether oxygens (including phenoxy) is 1. The standard InChI is InChI=1S/C9H21NO/c1-4-11-7-5-6-9(10)8(2)3/h8-9H,4-7,10H2,1-3H3. The van der Waals surface area contributed by atoms with Crippen molar-refractivity contribution in [3.8, 4) is 0 Å². The van der Waals surface area contributed by atoms with Crippen LogP contribution in [0.2, 0.25) is 0 Å². The molecule has 2 nitrogen and oxygen atoms in total. The van der Waals surface area contributed by atoms with E-state index in [0.29, 0.717) is 12.0 Å². The highest BCUT2D eigenvalue weighted by molar-refractivity contribution is 4.64. The van der Waals surface area contributed by atoms with Gasteiger partial charge in [-0.2, -0.15) is 0 Å². The first-order chi connectivity index (χ1) is 5.18. The largest absolute Gasteiger partial charge is 0.382 e. The Morgan fingerprint density at radius 3 is 2.45 bits per heavy atom. The summed E-state index contributed by atoms with van der Waals surface area (Å²) >= 11 is 0. The first-order valence-electron chi connectivity index (χ1n) is 4.51. The Bertz CT molecular complexity index is 83.6. The second-order valence-corrected chi connectivity index (χ2v) is 3.25. The number of nitrogens with two attached hydrogens (primary N) is 1. The van der Waals surface area contributed by atoms with Gasteiger partial charge in [0.05, 0.1) is 0 Å². The molecule has 0 amide bonds. The Kier molecular flexibility index (Phi) is 6.57. The minimum absolute atomic E-state index is 0.343. The molecule has 0 aliphatic rings. The van der Waals surface area contributed by atoms with E-state index in [1.807, 2.05) is 6.92 Å². The molecular weight excluding hydrogens is 138 g/mol. The molecule has 0 aliphatic heterocycles. The van der Waals surface area contributed by atoms with E-state index >= 15 is 0 Å². The molecule has 0 radical (unpaired) electrons. The molecule has 11 heavy (non-hydrogen) atoms. The molecule has 0 rings (SSSR count). The second kappa shape index (κ2) is 6.62. The van der Waals surface area contributed by atoms with Gasteiger partial charge in [-0.15, -0.1) is 0 Å². The summed E-state index contributed by atoms with van der Waals surface area (Å²) in [5.41, 5.74) is 5.84. The summed E-state index contributed by atoms with van der Waals surface area (Å²) in [6.45, 7) is 8.01. The summed E-state index contributed by atoms with van der Waals surface area (Å²) in [7, 11) is 0.